The first kappa shape index (κ1) is 17.8. The van der Waals surface area contributed by atoms with Gasteiger partial charge in [0.05, 0.1) is 0 Å². The highest BCUT2D eigenvalue weighted by molar-refractivity contribution is 14.0. The lowest BCUT2D eigenvalue weighted by Crippen LogP contribution is -2.46. The van der Waals surface area contributed by atoms with Gasteiger partial charge in [0.15, 0.2) is 5.96 Å². The van der Waals surface area contributed by atoms with Crippen LogP contribution in [0.4, 0.5) is 0 Å². The van der Waals surface area contributed by atoms with Crippen molar-refractivity contribution in [3.8, 4) is 0 Å². The molecule has 1 N–H and O–H groups in total. The quantitative estimate of drug-likeness (QED) is 0.469. The van der Waals surface area contributed by atoms with Crippen molar-refractivity contribution in [2.75, 3.05) is 26.2 Å². The minimum Gasteiger partial charge on any atom is -0.357 e. The molecule has 1 aliphatic heterocycles. The number of nitrogens with one attached hydrogen (secondary N) is 1. The molecule has 0 spiro atoms. The van der Waals surface area contributed by atoms with E-state index in [4.69, 9.17) is 4.99 Å². The molecule has 1 saturated heterocycles. The zero-order chi connectivity index (χ0) is 13.5. The topological polar surface area (TPSA) is 27.6 Å². The molecule has 1 aliphatic rings. The van der Waals surface area contributed by atoms with E-state index >= 15 is 0 Å². The molecule has 1 fully saturated rings. The number of nitrogens with zero attached hydrogens (tertiary/aromatic N) is 2. The van der Waals surface area contributed by atoms with Gasteiger partial charge in [-0.05, 0) is 37.1 Å². The van der Waals surface area contributed by atoms with Gasteiger partial charge in [0.1, 0.15) is 0 Å². The summed E-state index contributed by atoms with van der Waals surface area (Å²) in [7, 11) is 0. The van der Waals surface area contributed by atoms with Crippen LogP contribution in [0.3, 0.4) is 0 Å². The highest BCUT2D eigenvalue weighted by Gasteiger charge is 2.18. The summed E-state index contributed by atoms with van der Waals surface area (Å²) in [6.07, 6.45) is 3.69. The first-order chi connectivity index (χ1) is 9.29. The number of rotatable bonds is 4. The highest BCUT2D eigenvalue weighted by atomic mass is 127. The summed E-state index contributed by atoms with van der Waals surface area (Å²) in [6, 6.07) is 4.30. The van der Waals surface area contributed by atoms with Crippen molar-refractivity contribution < 1.29 is 0 Å². The van der Waals surface area contributed by atoms with Gasteiger partial charge in [-0.25, -0.2) is 0 Å². The number of halogens is 1. The number of likely N-dealkylation sites (tertiary alicyclic amines) is 1. The van der Waals surface area contributed by atoms with Crippen LogP contribution in [0.25, 0.3) is 0 Å². The second-order valence-corrected chi connectivity index (χ2v) is 6.29. The van der Waals surface area contributed by atoms with E-state index in [1.165, 1.54) is 17.7 Å². The molecular weight excluding hydrogens is 381 g/mol. The van der Waals surface area contributed by atoms with Crippen LogP contribution in [0.5, 0.6) is 0 Å². The van der Waals surface area contributed by atoms with Crippen LogP contribution in [0.15, 0.2) is 22.5 Å². The molecule has 2 heterocycles. The molecule has 0 amide bonds. The highest BCUT2D eigenvalue weighted by Crippen LogP contribution is 2.15. The van der Waals surface area contributed by atoms with Crippen LogP contribution in [0, 0.1) is 5.92 Å². The Morgan fingerprint density at radius 3 is 3.05 bits per heavy atom. The van der Waals surface area contributed by atoms with Crippen molar-refractivity contribution in [2.24, 2.45) is 10.9 Å². The molecule has 1 atom stereocenters. The number of guanidine groups is 1. The van der Waals surface area contributed by atoms with E-state index in [9.17, 15) is 0 Å². The van der Waals surface area contributed by atoms with Crippen LogP contribution >= 0.6 is 35.3 Å². The molecule has 0 aliphatic carbocycles. The maximum absolute atomic E-state index is 4.78. The minimum atomic E-state index is 0. The van der Waals surface area contributed by atoms with Crippen molar-refractivity contribution in [2.45, 2.75) is 33.1 Å². The van der Waals surface area contributed by atoms with Gasteiger partial charge >= 0.3 is 0 Å². The van der Waals surface area contributed by atoms with E-state index in [1.54, 1.807) is 0 Å². The summed E-state index contributed by atoms with van der Waals surface area (Å²) in [5, 5.41) is 5.57. The summed E-state index contributed by atoms with van der Waals surface area (Å²) < 4.78 is 0. The Balaban J connectivity index is 0.00000200. The summed E-state index contributed by atoms with van der Waals surface area (Å²) >= 11 is 1.82. The number of piperidine rings is 1. The molecule has 5 heteroatoms. The standard InChI is InChI=1S/C15H25N3S.HI/c1-3-16-15(18-10-4-6-13(2)12-18)17-9-8-14-7-5-11-19-14;/h5,7,11,13H,3-4,6,8-10,12H2,1-2H3,(H,16,17);1H. The molecule has 114 valence electrons. The van der Waals surface area contributed by atoms with Crippen LogP contribution < -0.4 is 5.32 Å². The van der Waals surface area contributed by atoms with E-state index in [1.807, 2.05) is 11.3 Å². The van der Waals surface area contributed by atoms with Crippen molar-refractivity contribution in [3.63, 3.8) is 0 Å². The second kappa shape index (κ2) is 9.60. The predicted octanol–water partition coefficient (Wildman–Crippen LogP) is 3.61. The second-order valence-electron chi connectivity index (χ2n) is 5.26. The van der Waals surface area contributed by atoms with Gasteiger partial charge in [-0.2, -0.15) is 0 Å². The number of aliphatic imine (C=N–C) groups is 1. The lowest BCUT2D eigenvalue weighted by atomic mass is 10.0. The first-order valence-corrected chi connectivity index (χ1v) is 8.23. The predicted molar refractivity (Wildman–Crippen MR) is 99.4 cm³/mol. The van der Waals surface area contributed by atoms with Crippen molar-refractivity contribution >= 4 is 41.3 Å². The third-order valence-electron chi connectivity index (χ3n) is 3.49. The van der Waals surface area contributed by atoms with Gasteiger partial charge in [0.2, 0.25) is 0 Å². The third-order valence-corrected chi connectivity index (χ3v) is 4.43. The van der Waals surface area contributed by atoms with E-state index in [-0.39, 0.29) is 24.0 Å². The largest absolute Gasteiger partial charge is 0.357 e. The molecule has 1 aromatic rings. The Bertz CT molecular complexity index is 392. The fourth-order valence-corrected chi connectivity index (χ4v) is 3.23. The SMILES string of the molecule is CCNC(=NCCc1cccs1)N1CCCC(C)C1.I. The van der Waals surface area contributed by atoms with Gasteiger partial charge in [-0.15, -0.1) is 35.3 Å². The maximum Gasteiger partial charge on any atom is 0.193 e. The molecule has 0 bridgehead atoms. The Hall–Kier alpha value is -0.300. The van der Waals surface area contributed by atoms with Crippen molar-refractivity contribution in [1.82, 2.24) is 10.2 Å². The maximum atomic E-state index is 4.78. The zero-order valence-corrected chi connectivity index (χ0v) is 15.6. The molecule has 0 saturated carbocycles. The summed E-state index contributed by atoms with van der Waals surface area (Å²) in [4.78, 5) is 8.63. The van der Waals surface area contributed by atoms with Crippen molar-refractivity contribution in [1.29, 1.82) is 0 Å². The molecule has 20 heavy (non-hydrogen) atoms. The van der Waals surface area contributed by atoms with E-state index in [0.29, 0.717) is 0 Å². The molecular formula is C15H26IN3S. The molecule has 1 aromatic heterocycles. The monoisotopic (exact) mass is 407 g/mol. The van der Waals surface area contributed by atoms with Gasteiger partial charge < -0.3 is 10.2 Å². The van der Waals surface area contributed by atoms with Crippen molar-refractivity contribution in [3.05, 3.63) is 22.4 Å². The third kappa shape index (κ3) is 5.60. The lowest BCUT2D eigenvalue weighted by molar-refractivity contribution is 0.266. The summed E-state index contributed by atoms with van der Waals surface area (Å²) in [5.74, 6) is 1.89. The molecule has 2 rings (SSSR count). The minimum absolute atomic E-state index is 0. The average molecular weight is 407 g/mol. The molecule has 3 nitrogen and oxygen atoms in total. The van der Waals surface area contributed by atoms with Gasteiger partial charge in [0.25, 0.3) is 0 Å². The van der Waals surface area contributed by atoms with E-state index in [0.717, 1.165) is 44.5 Å². The van der Waals surface area contributed by atoms with Crippen LogP contribution in [0.2, 0.25) is 0 Å². The molecule has 1 unspecified atom stereocenters. The first-order valence-electron chi connectivity index (χ1n) is 7.35. The van der Waals surface area contributed by atoms with Crippen LogP contribution in [-0.2, 0) is 6.42 Å². The molecule has 0 aromatic carbocycles. The van der Waals surface area contributed by atoms with Crippen LogP contribution in [-0.4, -0.2) is 37.0 Å². The van der Waals surface area contributed by atoms with Gasteiger partial charge in [-0.1, -0.05) is 13.0 Å². The number of hydrogen-bond acceptors (Lipinski definition) is 2. The average Bonchev–Trinajstić information content (AvgIpc) is 2.91. The number of thiophene rings is 1. The fraction of sp³-hybridized carbons (Fsp3) is 0.667. The van der Waals surface area contributed by atoms with E-state index in [2.05, 4.69) is 41.6 Å². The Morgan fingerprint density at radius 2 is 2.40 bits per heavy atom. The Morgan fingerprint density at radius 1 is 1.55 bits per heavy atom. The lowest BCUT2D eigenvalue weighted by Gasteiger charge is -2.33. The Kier molecular flexibility index (Phi) is 8.52. The zero-order valence-electron chi connectivity index (χ0n) is 12.5. The smallest absolute Gasteiger partial charge is 0.193 e. The van der Waals surface area contributed by atoms with Gasteiger partial charge in [0, 0.05) is 37.5 Å². The fourth-order valence-electron chi connectivity index (χ4n) is 2.53. The number of hydrogen-bond donors (Lipinski definition) is 1. The Labute approximate surface area is 143 Å². The summed E-state index contributed by atoms with van der Waals surface area (Å²) in [5.41, 5.74) is 0. The summed E-state index contributed by atoms with van der Waals surface area (Å²) in [6.45, 7) is 8.60. The molecule has 0 radical (unpaired) electrons. The van der Waals surface area contributed by atoms with Gasteiger partial charge in [-0.3, -0.25) is 4.99 Å². The van der Waals surface area contributed by atoms with E-state index < -0.39 is 0 Å². The normalized spacial score (nSPS) is 19.6. The van der Waals surface area contributed by atoms with Crippen LogP contribution in [0.1, 0.15) is 31.6 Å².